The normalized spacial score (nSPS) is 17.7. The van der Waals surface area contributed by atoms with Gasteiger partial charge in [0.25, 0.3) is 0 Å². The fraction of sp³-hybridized carbons (Fsp3) is 0.474. The van der Waals surface area contributed by atoms with Gasteiger partial charge >= 0.3 is 0 Å². The van der Waals surface area contributed by atoms with Gasteiger partial charge in [0, 0.05) is 37.1 Å². The van der Waals surface area contributed by atoms with Gasteiger partial charge < -0.3 is 10.6 Å². The van der Waals surface area contributed by atoms with Crippen LogP contribution in [0.4, 0.5) is 11.8 Å². The van der Waals surface area contributed by atoms with Gasteiger partial charge in [-0.2, -0.15) is 0 Å². The SMILES string of the molecule is C[C@@H](C[CH]c1ccc2c(n1)NCCC2)Nc1ncc(C2CC2)cn1. The van der Waals surface area contributed by atoms with Crippen LogP contribution < -0.4 is 10.6 Å². The predicted molar refractivity (Wildman–Crippen MR) is 96.2 cm³/mol. The monoisotopic (exact) mass is 322 g/mol. The highest BCUT2D eigenvalue weighted by Gasteiger charge is 2.24. The van der Waals surface area contributed by atoms with Crippen molar-refractivity contribution in [1.82, 2.24) is 15.0 Å². The molecule has 0 unspecified atom stereocenters. The van der Waals surface area contributed by atoms with E-state index in [1.807, 2.05) is 12.4 Å². The molecular formula is C19H24N5. The number of pyridine rings is 1. The van der Waals surface area contributed by atoms with E-state index in [0.29, 0.717) is 11.9 Å². The van der Waals surface area contributed by atoms with Crippen molar-refractivity contribution < 1.29 is 0 Å². The molecular weight excluding hydrogens is 298 g/mol. The van der Waals surface area contributed by atoms with Gasteiger partial charge in [-0.3, -0.25) is 0 Å². The molecule has 1 aliphatic heterocycles. The topological polar surface area (TPSA) is 62.7 Å². The van der Waals surface area contributed by atoms with Crippen LogP contribution in [0.2, 0.25) is 0 Å². The van der Waals surface area contributed by atoms with Crippen LogP contribution in [0.5, 0.6) is 0 Å². The van der Waals surface area contributed by atoms with Crippen LogP contribution in [0, 0.1) is 6.42 Å². The van der Waals surface area contributed by atoms with Crippen molar-refractivity contribution >= 4 is 11.8 Å². The minimum absolute atomic E-state index is 0.266. The lowest BCUT2D eigenvalue weighted by molar-refractivity contribution is 0.763. The molecule has 2 aromatic rings. The van der Waals surface area contributed by atoms with Gasteiger partial charge in [0.2, 0.25) is 5.95 Å². The number of aryl methyl sites for hydroxylation is 1. The Labute approximate surface area is 143 Å². The summed E-state index contributed by atoms with van der Waals surface area (Å²) in [6.07, 6.45) is 11.9. The van der Waals surface area contributed by atoms with Gasteiger partial charge in [-0.05, 0) is 62.1 Å². The maximum atomic E-state index is 4.70. The van der Waals surface area contributed by atoms with E-state index in [1.165, 1.54) is 30.4 Å². The molecule has 1 atom stereocenters. The van der Waals surface area contributed by atoms with Crippen molar-refractivity contribution in [1.29, 1.82) is 0 Å². The fourth-order valence-electron chi connectivity index (χ4n) is 3.07. The first-order valence-corrected chi connectivity index (χ1v) is 8.93. The summed E-state index contributed by atoms with van der Waals surface area (Å²) in [7, 11) is 0. The zero-order valence-electron chi connectivity index (χ0n) is 14.1. The molecule has 5 heteroatoms. The summed E-state index contributed by atoms with van der Waals surface area (Å²) >= 11 is 0. The Morgan fingerprint density at radius 2 is 2.12 bits per heavy atom. The van der Waals surface area contributed by atoms with Crippen LogP contribution in [0.25, 0.3) is 0 Å². The lowest BCUT2D eigenvalue weighted by Crippen LogP contribution is -2.18. The second-order valence-electron chi connectivity index (χ2n) is 6.87. The highest BCUT2D eigenvalue weighted by atomic mass is 15.1. The molecule has 3 heterocycles. The van der Waals surface area contributed by atoms with E-state index in [9.17, 15) is 0 Å². The second kappa shape index (κ2) is 6.75. The third kappa shape index (κ3) is 3.66. The second-order valence-corrected chi connectivity index (χ2v) is 6.87. The molecule has 1 aliphatic carbocycles. The Balaban J connectivity index is 1.30. The minimum Gasteiger partial charge on any atom is -0.370 e. The highest BCUT2D eigenvalue weighted by molar-refractivity contribution is 5.47. The van der Waals surface area contributed by atoms with Gasteiger partial charge in [0.05, 0.1) is 0 Å². The molecule has 1 radical (unpaired) electrons. The average molecular weight is 322 g/mol. The smallest absolute Gasteiger partial charge is 0.222 e. The number of hydrogen-bond acceptors (Lipinski definition) is 5. The molecule has 4 rings (SSSR count). The Bertz CT molecular complexity index is 693. The number of anilines is 2. The van der Waals surface area contributed by atoms with Crippen molar-refractivity contribution in [2.45, 2.75) is 51.0 Å². The quantitative estimate of drug-likeness (QED) is 0.851. The molecule has 5 nitrogen and oxygen atoms in total. The Morgan fingerprint density at radius 3 is 2.92 bits per heavy atom. The van der Waals surface area contributed by atoms with Crippen LogP contribution in [-0.2, 0) is 6.42 Å². The first kappa shape index (κ1) is 15.4. The van der Waals surface area contributed by atoms with Crippen LogP contribution in [-0.4, -0.2) is 27.5 Å². The van der Waals surface area contributed by atoms with E-state index >= 15 is 0 Å². The van der Waals surface area contributed by atoms with E-state index in [2.05, 4.69) is 46.1 Å². The average Bonchev–Trinajstić information content (AvgIpc) is 3.46. The summed E-state index contributed by atoms with van der Waals surface area (Å²) in [4.78, 5) is 13.6. The van der Waals surface area contributed by atoms with E-state index < -0.39 is 0 Å². The molecule has 0 bridgehead atoms. The number of hydrogen-bond donors (Lipinski definition) is 2. The lowest BCUT2D eigenvalue weighted by atomic mass is 10.1. The first-order chi connectivity index (χ1) is 11.8. The summed E-state index contributed by atoms with van der Waals surface area (Å²) in [6, 6.07) is 4.57. The minimum atomic E-state index is 0.266. The van der Waals surface area contributed by atoms with Gasteiger partial charge in [0.1, 0.15) is 5.82 Å². The molecule has 2 aliphatic rings. The van der Waals surface area contributed by atoms with E-state index in [4.69, 9.17) is 4.98 Å². The number of rotatable bonds is 6. The summed E-state index contributed by atoms with van der Waals surface area (Å²) in [6.45, 7) is 3.17. The molecule has 0 spiro atoms. The van der Waals surface area contributed by atoms with Crippen molar-refractivity contribution in [3.63, 3.8) is 0 Å². The molecule has 125 valence electrons. The predicted octanol–water partition coefficient (Wildman–Crippen LogP) is 3.55. The van der Waals surface area contributed by atoms with Gasteiger partial charge in [-0.1, -0.05) is 6.07 Å². The zero-order valence-corrected chi connectivity index (χ0v) is 14.1. The number of nitrogens with zero attached hydrogens (tertiary/aromatic N) is 3. The van der Waals surface area contributed by atoms with E-state index in [0.717, 1.165) is 30.9 Å². The summed E-state index contributed by atoms with van der Waals surface area (Å²) < 4.78 is 0. The summed E-state index contributed by atoms with van der Waals surface area (Å²) in [5, 5.41) is 6.75. The van der Waals surface area contributed by atoms with E-state index in [-0.39, 0.29) is 6.04 Å². The van der Waals surface area contributed by atoms with Crippen LogP contribution in [0.15, 0.2) is 24.5 Å². The van der Waals surface area contributed by atoms with Crippen molar-refractivity contribution in [2.75, 3.05) is 17.2 Å². The largest absolute Gasteiger partial charge is 0.370 e. The molecule has 0 amide bonds. The maximum Gasteiger partial charge on any atom is 0.222 e. The lowest BCUT2D eigenvalue weighted by Gasteiger charge is -2.18. The van der Waals surface area contributed by atoms with Crippen molar-refractivity contribution in [3.8, 4) is 0 Å². The highest BCUT2D eigenvalue weighted by Crippen LogP contribution is 2.39. The van der Waals surface area contributed by atoms with Gasteiger partial charge in [-0.25, -0.2) is 15.0 Å². The number of nitrogens with one attached hydrogen (secondary N) is 2. The van der Waals surface area contributed by atoms with Gasteiger partial charge in [-0.15, -0.1) is 0 Å². The standard InChI is InChI=1S/C19H24N5/c1-13(23-19-21-11-16(12-22-19)14-5-6-14)4-8-17-9-7-15-3-2-10-20-18(15)24-17/h7-9,11-14H,2-6,10H2,1H3,(H,20,24)(H,21,22,23)/t13-/m0/s1. The molecule has 1 fully saturated rings. The van der Waals surface area contributed by atoms with Crippen LogP contribution >= 0.6 is 0 Å². The third-order valence-corrected chi connectivity index (χ3v) is 4.69. The third-order valence-electron chi connectivity index (χ3n) is 4.69. The van der Waals surface area contributed by atoms with Crippen LogP contribution in [0.1, 0.15) is 55.3 Å². The molecule has 0 saturated heterocycles. The molecule has 24 heavy (non-hydrogen) atoms. The Kier molecular flexibility index (Phi) is 4.32. The zero-order chi connectivity index (χ0) is 16.4. The van der Waals surface area contributed by atoms with Crippen LogP contribution in [0.3, 0.4) is 0 Å². The molecule has 2 aromatic heterocycles. The summed E-state index contributed by atoms with van der Waals surface area (Å²) in [5.74, 6) is 2.46. The molecule has 2 N–H and O–H groups in total. The van der Waals surface area contributed by atoms with E-state index in [1.54, 1.807) is 0 Å². The summed E-state index contributed by atoms with van der Waals surface area (Å²) in [5.41, 5.74) is 3.63. The number of aromatic nitrogens is 3. The maximum absolute atomic E-state index is 4.70. The Hall–Kier alpha value is -2.17. The van der Waals surface area contributed by atoms with Crippen molar-refractivity contribution in [2.24, 2.45) is 0 Å². The van der Waals surface area contributed by atoms with Gasteiger partial charge in [0.15, 0.2) is 0 Å². The molecule has 1 saturated carbocycles. The number of fused-ring (bicyclic) bond motifs is 1. The van der Waals surface area contributed by atoms with Crippen molar-refractivity contribution in [3.05, 3.63) is 47.8 Å². The molecule has 0 aromatic carbocycles. The fourth-order valence-corrected chi connectivity index (χ4v) is 3.07. The Morgan fingerprint density at radius 1 is 1.29 bits per heavy atom. The first-order valence-electron chi connectivity index (χ1n) is 8.93.